The molecule has 1 N–H and O–H groups in total. The summed E-state index contributed by atoms with van der Waals surface area (Å²) in [4.78, 5) is 18.1. The summed E-state index contributed by atoms with van der Waals surface area (Å²) in [6.07, 6.45) is 4.16. The normalized spacial score (nSPS) is 11.9. The Morgan fingerprint density at radius 3 is 2.89 bits per heavy atom. The van der Waals surface area contributed by atoms with Crippen LogP contribution in [0.2, 0.25) is 0 Å². The van der Waals surface area contributed by atoms with Crippen LogP contribution in [0.4, 0.5) is 11.5 Å². The third-order valence-corrected chi connectivity index (χ3v) is 2.95. The molecule has 100 valence electrons. The molecule has 1 aromatic rings. The minimum Gasteiger partial charge on any atom is -0.476 e. The number of hydrogen-bond acceptors (Lipinski definition) is 7. The fourth-order valence-corrected chi connectivity index (χ4v) is 1.97. The lowest BCUT2D eigenvalue weighted by Crippen LogP contribution is -2.18. The summed E-state index contributed by atoms with van der Waals surface area (Å²) in [5, 5.41) is 14.0. The summed E-state index contributed by atoms with van der Waals surface area (Å²) in [5.41, 5.74) is -0.226. The molecule has 0 spiro atoms. The van der Waals surface area contributed by atoms with E-state index in [-0.39, 0.29) is 23.4 Å². The fourth-order valence-electron chi connectivity index (χ4n) is 1.38. The van der Waals surface area contributed by atoms with Gasteiger partial charge in [0.2, 0.25) is 5.82 Å². The summed E-state index contributed by atoms with van der Waals surface area (Å²) < 4.78 is 4.87. The molecule has 1 rings (SSSR count). The van der Waals surface area contributed by atoms with Crippen molar-refractivity contribution < 1.29 is 9.66 Å². The van der Waals surface area contributed by atoms with E-state index < -0.39 is 4.92 Å². The number of hydrogen-bond donors (Lipinski definition) is 1. The highest BCUT2D eigenvalue weighted by Crippen LogP contribution is 2.30. The first-order valence-electron chi connectivity index (χ1n) is 5.39. The van der Waals surface area contributed by atoms with E-state index >= 15 is 0 Å². The van der Waals surface area contributed by atoms with Crippen LogP contribution < -0.4 is 10.1 Å². The number of rotatable bonds is 7. The van der Waals surface area contributed by atoms with Gasteiger partial charge in [0.25, 0.3) is 5.88 Å². The largest absolute Gasteiger partial charge is 0.476 e. The minimum absolute atomic E-state index is 0.0328. The topological polar surface area (TPSA) is 90.2 Å². The first-order chi connectivity index (χ1) is 8.60. The predicted molar refractivity (Wildman–Crippen MR) is 71.3 cm³/mol. The number of ether oxygens (including phenoxy) is 1. The zero-order chi connectivity index (χ0) is 13.5. The van der Waals surface area contributed by atoms with Crippen molar-refractivity contribution in [3.63, 3.8) is 0 Å². The van der Waals surface area contributed by atoms with E-state index in [0.29, 0.717) is 0 Å². The number of anilines is 1. The van der Waals surface area contributed by atoms with Gasteiger partial charge in [0, 0.05) is 6.04 Å². The number of aromatic nitrogens is 2. The van der Waals surface area contributed by atoms with Gasteiger partial charge in [-0.25, -0.2) is 4.98 Å². The van der Waals surface area contributed by atoms with Gasteiger partial charge in [0.05, 0.1) is 12.0 Å². The quantitative estimate of drug-likeness (QED) is 0.599. The maximum absolute atomic E-state index is 11.0. The van der Waals surface area contributed by atoms with Crippen molar-refractivity contribution in [2.24, 2.45) is 0 Å². The Labute approximate surface area is 109 Å². The van der Waals surface area contributed by atoms with Crippen molar-refractivity contribution in [1.29, 1.82) is 0 Å². The van der Waals surface area contributed by atoms with Crippen molar-refractivity contribution in [2.75, 3.05) is 24.4 Å². The monoisotopic (exact) mass is 272 g/mol. The molecular formula is C10H16N4O3S. The molecule has 8 heteroatoms. The lowest BCUT2D eigenvalue weighted by Gasteiger charge is -2.14. The zero-order valence-electron chi connectivity index (χ0n) is 10.5. The second-order valence-corrected chi connectivity index (χ2v) is 4.65. The summed E-state index contributed by atoms with van der Waals surface area (Å²) >= 11 is 1.73. The smallest absolute Gasteiger partial charge is 0.372 e. The van der Waals surface area contributed by atoms with Crippen LogP contribution in [0.25, 0.3) is 0 Å². The molecule has 0 aliphatic heterocycles. The van der Waals surface area contributed by atoms with E-state index in [1.165, 1.54) is 13.4 Å². The molecule has 1 unspecified atom stereocenters. The first-order valence-corrected chi connectivity index (χ1v) is 6.78. The highest BCUT2D eigenvalue weighted by molar-refractivity contribution is 7.98. The van der Waals surface area contributed by atoms with Crippen molar-refractivity contribution >= 4 is 23.3 Å². The Morgan fingerprint density at radius 2 is 2.33 bits per heavy atom. The van der Waals surface area contributed by atoms with Gasteiger partial charge in [0.1, 0.15) is 6.33 Å². The van der Waals surface area contributed by atoms with E-state index in [2.05, 4.69) is 15.3 Å². The van der Waals surface area contributed by atoms with E-state index in [4.69, 9.17) is 4.74 Å². The number of methoxy groups -OCH3 is 1. The highest BCUT2D eigenvalue weighted by Gasteiger charge is 2.24. The molecule has 0 aliphatic rings. The van der Waals surface area contributed by atoms with Gasteiger partial charge in [-0.2, -0.15) is 16.7 Å². The summed E-state index contributed by atoms with van der Waals surface area (Å²) in [6, 6.07) is 0.0933. The molecule has 1 atom stereocenters. The Bertz CT molecular complexity index is 416. The van der Waals surface area contributed by atoms with Crippen LogP contribution in [0.5, 0.6) is 5.88 Å². The van der Waals surface area contributed by atoms with E-state index in [0.717, 1.165) is 12.2 Å². The van der Waals surface area contributed by atoms with Crippen molar-refractivity contribution in [3.05, 3.63) is 16.4 Å². The second-order valence-electron chi connectivity index (χ2n) is 3.66. The van der Waals surface area contributed by atoms with Crippen LogP contribution in [0.3, 0.4) is 0 Å². The van der Waals surface area contributed by atoms with E-state index in [1.807, 2.05) is 13.2 Å². The fraction of sp³-hybridized carbons (Fsp3) is 0.600. The Morgan fingerprint density at radius 1 is 1.61 bits per heavy atom. The van der Waals surface area contributed by atoms with Crippen LogP contribution in [0.1, 0.15) is 13.3 Å². The van der Waals surface area contributed by atoms with Crippen molar-refractivity contribution in [1.82, 2.24) is 9.97 Å². The van der Waals surface area contributed by atoms with Crippen LogP contribution in [-0.2, 0) is 0 Å². The molecule has 1 aromatic heterocycles. The van der Waals surface area contributed by atoms with E-state index in [1.54, 1.807) is 11.8 Å². The van der Waals surface area contributed by atoms with Gasteiger partial charge in [-0.05, 0) is 25.4 Å². The summed E-state index contributed by atoms with van der Waals surface area (Å²) in [7, 11) is 1.34. The summed E-state index contributed by atoms with van der Waals surface area (Å²) in [5.74, 6) is 1.14. The highest BCUT2D eigenvalue weighted by atomic mass is 32.2. The molecule has 0 radical (unpaired) electrons. The lowest BCUT2D eigenvalue weighted by atomic mass is 10.2. The first kappa shape index (κ1) is 14.5. The molecule has 1 heterocycles. The molecule has 0 aliphatic carbocycles. The zero-order valence-corrected chi connectivity index (χ0v) is 11.4. The average molecular weight is 272 g/mol. The van der Waals surface area contributed by atoms with E-state index in [9.17, 15) is 10.1 Å². The molecule has 0 amide bonds. The average Bonchev–Trinajstić information content (AvgIpc) is 2.35. The maximum Gasteiger partial charge on any atom is 0.372 e. The van der Waals surface area contributed by atoms with Gasteiger partial charge in [-0.15, -0.1) is 0 Å². The molecule has 0 bridgehead atoms. The number of thioether (sulfide) groups is 1. The number of nitro groups is 1. The van der Waals surface area contributed by atoms with Crippen LogP contribution >= 0.6 is 11.8 Å². The predicted octanol–water partition coefficient (Wildman–Crippen LogP) is 1.95. The van der Waals surface area contributed by atoms with Crippen LogP contribution in [-0.4, -0.2) is 40.1 Å². The van der Waals surface area contributed by atoms with Crippen LogP contribution in [0, 0.1) is 10.1 Å². The molecule has 0 fully saturated rings. The standard InChI is InChI=1S/C10H16N4O3S/c1-7(4-5-18-3)13-9-8(14(15)16)10(17-2)12-6-11-9/h6-7H,4-5H2,1-3H3,(H,11,12,13). The second kappa shape index (κ2) is 7.00. The minimum atomic E-state index is -0.539. The number of nitrogens with zero attached hydrogens (tertiary/aromatic N) is 3. The Kier molecular flexibility index (Phi) is 5.63. The third-order valence-electron chi connectivity index (χ3n) is 2.30. The number of nitrogens with one attached hydrogen (secondary N) is 1. The molecular weight excluding hydrogens is 256 g/mol. The third kappa shape index (κ3) is 3.73. The Balaban J connectivity index is 2.90. The Hall–Kier alpha value is -1.57. The lowest BCUT2D eigenvalue weighted by molar-refractivity contribution is -0.385. The molecule has 7 nitrogen and oxygen atoms in total. The van der Waals surface area contributed by atoms with Gasteiger partial charge in [-0.3, -0.25) is 10.1 Å². The molecule has 0 saturated carbocycles. The molecule has 0 saturated heterocycles. The van der Waals surface area contributed by atoms with Gasteiger partial charge in [-0.1, -0.05) is 0 Å². The van der Waals surface area contributed by atoms with Crippen molar-refractivity contribution in [3.8, 4) is 5.88 Å². The molecule has 0 aromatic carbocycles. The summed E-state index contributed by atoms with van der Waals surface area (Å²) in [6.45, 7) is 1.95. The molecule has 18 heavy (non-hydrogen) atoms. The van der Waals surface area contributed by atoms with Crippen LogP contribution in [0.15, 0.2) is 6.33 Å². The van der Waals surface area contributed by atoms with Gasteiger partial charge in [0.15, 0.2) is 0 Å². The SMILES string of the molecule is COc1ncnc(NC(C)CCSC)c1[N+](=O)[O-]. The van der Waals surface area contributed by atoms with Crippen molar-refractivity contribution in [2.45, 2.75) is 19.4 Å². The maximum atomic E-state index is 11.0. The van der Waals surface area contributed by atoms with Gasteiger partial charge >= 0.3 is 5.69 Å². The van der Waals surface area contributed by atoms with Gasteiger partial charge < -0.3 is 10.1 Å².